The lowest BCUT2D eigenvalue weighted by Crippen LogP contribution is -2.42. The summed E-state index contributed by atoms with van der Waals surface area (Å²) in [6.45, 7) is 6.97. The van der Waals surface area contributed by atoms with Gasteiger partial charge in [-0.3, -0.25) is 14.6 Å². The van der Waals surface area contributed by atoms with Crippen LogP contribution in [0.15, 0.2) is 122 Å². The van der Waals surface area contributed by atoms with E-state index in [1.807, 2.05) is 77.6 Å². The van der Waals surface area contributed by atoms with Crippen molar-refractivity contribution >= 4 is 56.2 Å². The van der Waals surface area contributed by atoms with Gasteiger partial charge in [0.2, 0.25) is 0 Å². The van der Waals surface area contributed by atoms with Crippen LogP contribution in [0.1, 0.15) is 57.0 Å². The molecule has 1 fully saturated rings. The number of benzene rings is 2. The van der Waals surface area contributed by atoms with Gasteiger partial charge in [-0.1, -0.05) is 34.7 Å². The summed E-state index contributed by atoms with van der Waals surface area (Å²) in [6.07, 6.45) is 9.58. The Bertz CT molecular complexity index is 3470. The van der Waals surface area contributed by atoms with Gasteiger partial charge in [0, 0.05) is 59.8 Å². The fourth-order valence-electron chi connectivity index (χ4n) is 8.35. The molecular formula is C48H43N15O4. The van der Waals surface area contributed by atoms with Gasteiger partial charge < -0.3 is 14.4 Å². The number of fused-ring (bicyclic) bond motifs is 4. The van der Waals surface area contributed by atoms with E-state index in [9.17, 15) is 9.59 Å². The molecule has 67 heavy (non-hydrogen) atoms. The van der Waals surface area contributed by atoms with E-state index in [1.165, 1.54) is 4.68 Å². The first kappa shape index (κ1) is 41.2. The Morgan fingerprint density at radius 1 is 0.687 bits per heavy atom. The highest BCUT2D eigenvalue weighted by molar-refractivity contribution is 5.81. The van der Waals surface area contributed by atoms with Gasteiger partial charge >= 0.3 is 12.1 Å². The predicted octanol–water partition coefficient (Wildman–Crippen LogP) is 7.20. The standard InChI is InChI=1S/C48H43N15O4/c1-48(2,3)67-46(64)45(63-29-35(25-52-63)40-13-15-42-44(54-40)62(58-56-42)27-31-9-11-38-33(23-31)7-5-19-50-38)66-47(65)59-20-16-36(17-21-59)60-28-34(24-51-60)39-12-14-41-43(53-39)61(57-55-41)26-30-8-10-37-32(22-30)6-4-18-49-37/h4-15,18-19,22-25,28-29,36,45H,16-17,20-21,26-27H2,1-3H3. The lowest BCUT2D eigenvalue weighted by molar-refractivity contribution is -0.172. The van der Waals surface area contributed by atoms with Crippen molar-refractivity contribution < 1.29 is 19.1 Å². The van der Waals surface area contributed by atoms with Crippen LogP contribution in [0.2, 0.25) is 0 Å². The molecule has 0 spiro atoms. The van der Waals surface area contributed by atoms with Crippen LogP contribution in [0.4, 0.5) is 4.79 Å². The molecule has 0 radical (unpaired) electrons. The number of hydrogen-bond donors (Lipinski definition) is 0. The minimum Gasteiger partial charge on any atom is -0.456 e. The van der Waals surface area contributed by atoms with Crippen LogP contribution in [-0.2, 0) is 27.4 Å². The third-order valence-corrected chi connectivity index (χ3v) is 11.7. The number of carbonyl (C=O) groups excluding carboxylic acids is 2. The molecule has 1 saturated heterocycles. The third kappa shape index (κ3) is 8.49. The second-order valence-electron chi connectivity index (χ2n) is 17.5. The van der Waals surface area contributed by atoms with Crippen LogP contribution in [0, 0.1) is 0 Å². The van der Waals surface area contributed by atoms with Crippen LogP contribution in [0.25, 0.3) is 66.6 Å². The highest BCUT2D eigenvalue weighted by Crippen LogP contribution is 2.29. The van der Waals surface area contributed by atoms with Crippen molar-refractivity contribution in [3.05, 3.63) is 133 Å². The fourth-order valence-corrected chi connectivity index (χ4v) is 8.35. The maximum absolute atomic E-state index is 13.8. The van der Waals surface area contributed by atoms with Crippen molar-refractivity contribution in [1.29, 1.82) is 0 Å². The van der Waals surface area contributed by atoms with E-state index < -0.39 is 23.9 Å². The number of rotatable bonds is 10. The Kier molecular flexibility index (Phi) is 10.4. The number of aromatic nitrogens is 14. The number of amides is 1. The molecule has 8 aromatic heterocycles. The van der Waals surface area contributed by atoms with Crippen molar-refractivity contribution in [2.24, 2.45) is 0 Å². The molecule has 334 valence electrons. The molecule has 0 N–H and O–H groups in total. The number of likely N-dealkylation sites (tertiary alicyclic amines) is 1. The number of esters is 1. The average molecular weight is 894 g/mol. The number of piperidine rings is 1. The smallest absolute Gasteiger partial charge is 0.412 e. The Morgan fingerprint density at radius 2 is 1.24 bits per heavy atom. The Morgan fingerprint density at radius 3 is 1.82 bits per heavy atom. The first-order chi connectivity index (χ1) is 32.6. The molecule has 11 rings (SSSR count). The first-order valence-corrected chi connectivity index (χ1v) is 21.9. The summed E-state index contributed by atoms with van der Waals surface area (Å²) in [5.41, 5.74) is 8.40. The molecular weight excluding hydrogens is 851 g/mol. The molecule has 1 aliphatic rings. The summed E-state index contributed by atoms with van der Waals surface area (Å²) < 4.78 is 18.4. The first-order valence-electron chi connectivity index (χ1n) is 21.9. The van der Waals surface area contributed by atoms with Crippen LogP contribution in [0.5, 0.6) is 0 Å². The van der Waals surface area contributed by atoms with Gasteiger partial charge in [0.05, 0.1) is 53.9 Å². The van der Waals surface area contributed by atoms with Crippen molar-refractivity contribution in [3.63, 3.8) is 0 Å². The summed E-state index contributed by atoms with van der Waals surface area (Å²) in [4.78, 5) is 47.7. The van der Waals surface area contributed by atoms with E-state index in [1.54, 1.807) is 72.1 Å². The number of carbonyl (C=O) groups is 2. The fraction of sp³-hybridized carbons (Fsp3) is 0.250. The summed E-state index contributed by atoms with van der Waals surface area (Å²) in [5.74, 6) is -0.761. The summed E-state index contributed by atoms with van der Waals surface area (Å²) in [5, 5.41) is 28.7. The largest absolute Gasteiger partial charge is 0.456 e. The summed E-state index contributed by atoms with van der Waals surface area (Å²) in [6, 6.07) is 27.6. The van der Waals surface area contributed by atoms with Gasteiger partial charge in [-0.15, -0.1) is 10.2 Å². The molecule has 10 aromatic rings. The predicted molar refractivity (Wildman–Crippen MR) is 246 cm³/mol. The average Bonchev–Trinajstić information content (AvgIpc) is 4.18. The zero-order chi connectivity index (χ0) is 45.6. The number of ether oxygens (including phenoxy) is 2. The van der Waals surface area contributed by atoms with E-state index in [0.717, 1.165) is 44.2 Å². The van der Waals surface area contributed by atoms with E-state index in [-0.39, 0.29) is 6.04 Å². The van der Waals surface area contributed by atoms with Crippen molar-refractivity contribution in [2.45, 2.75) is 64.6 Å². The highest BCUT2D eigenvalue weighted by Gasteiger charge is 2.34. The number of nitrogens with zero attached hydrogens (tertiary/aromatic N) is 15. The maximum atomic E-state index is 13.8. The Balaban J connectivity index is 0.760. The minimum atomic E-state index is -1.49. The molecule has 0 bridgehead atoms. The van der Waals surface area contributed by atoms with E-state index in [2.05, 4.69) is 47.8 Å². The molecule has 0 saturated carbocycles. The van der Waals surface area contributed by atoms with Gasteiger partial charge in [0.15, 0.2) is 11.3 Å². The van der Waals surface area contributed by atoms with Crippen molar-refractivity contribution in [3.8, 4) is 22.5 Å². The summed E-state index contributed by atoms with van der Waals surface area (Å²) in [7, 11) is 0. The van der Waals surface area contributed by atoms with Gasteiger partial charge in [-0.25, -0.2) is 33.6 Å². The molecule has 1 unspecified atom stereocenters. The molecule has 1 amide bonds. The SMILES string of the molecule is CC(C)(C)OC(=O)C(OC(=O)N1CCC(n2cc(-c3ccc4nnn(Cc5ccc6ncccc6c5)c4n3)cn2)CC1)n1cc(-c2ccc3nnn(Cc4ccc5ncccc5c4)c3n2)cn1. The summed E-state index contributed by atoms with van der Waals surface area (Å²) >= 11 is 0. The van der Waals surface area contributed by atoms with Crippen molar-refractivity contribution in [1.82, 2.24) is 74.4 Å². The molecule has 19 heteroatoms. The number of hydrogen-bond acceptors (Lipinski definition) is 14. The minimum absolute atomic E-state index is 0.0210. The van der Waals surface area contributed by atoms with Crippen LogP contribution >= 0.6 is 0 Å². The molecule has 19 nitrogen and oxygen atoms in total. The monoisotopic (exact) mass is 893 g/mol. The van der Waals surface area contributed by atoms with E-state index in [0.29, 0.717) is 72.6 Å². The Hall–Kier alpha value is -8.48. The lowest BCUT2D eigenvalue weighted by atomic mass is 10.1. The Labute approximate surface area is 382 Å². The van der Waals surface area contributed by atoms with Gasteiger partial charge in [0.25, 0.3) is 6.23 Å². The van der Waals surface area contributed by atoms with Gasteiger partial charge in [0.1, 0.15) is 16.6 Å². The maximum Gasteiger partial charge on any atom is 0.412 e. The quantitative estimate of drug-likeness (QED) is 0.125. The zero-order valence-corrected chi connectivity index (χ0v) is 36.8. The molecule has 1 atom stereocenters. The van der Waals surface area contributed by atoms with Gasteiger partial charge in [-0.2, -0.15) is 10.2 Å². The normalized spacial score (nSPS) is 14.0. The second kappa shape index (κ2) is 16.8. The van der Waals surface area contributed by atoms with Crippen LogP contribution in [-0.4, -0.2) is 105 Å². The van der Waals surface area contributed by atoms with E-state index in [4.69, 9.17) is 24.5 Å². The van der Waals surface area contributed by atoms with Gasteiger partial charge in [-0.05, 0) is 105 Å². The topological polar surface area (TPSA) is 204 Å². The second-order valence-corrected chi connectivity index (χ2v) is 17.5. The van der Waals surface area contributed by atoms with Crippen LogP contribution in [0.3, 0.4) is 0 Å². The highest BCUT2D eigenvalue weighted by atomic mass is 16.6. The third-order valence-electron chi connectivity index (χ3n) is 11.7. The molecule has 1 aliphatic heterocycles. The molecule has 0 aliphatic carbocycles. The molecule has 9 heterocycles. The lowest BCUT2D eigenvalue weighted by Gasteiger charge is -2.32. The zero-order valence-electron chi connectivity index (χ0n) is 36.8. The van der Waals surface area contributed by atoms with Crippen LogP contribution < -0.4 is 0 Å². The number of pyridine rings is 4. The van der Waals surface area contributed by atoms with E-state index >= 15 is 0 Å². The molecule has 2 aromatic carbocycles. The van der Waals surface area contributed by atoms with Crippen molar-refractivity contribution in [2.75, 3.05) is 13.1 Å².